The summed E-state index contributed by atoms with van der Waals surface area (Å²) in [5, 5.41) is 13.1. The maximum absolute atomic E-state index is 13.6. The number of fused-ring (bicyclic) bond motifs is 1. The molecule has 0 saturated carbocycles. The number of furan rings is 1. The Balaban J connectivity index is 1.55. The summed E-state index contributed by atoms with van der Waals surface area (Å²) in [7, 11) is 1.46. The lowest BCUT2D eigenvalue weighted by molar-refractivity contribution is -0.137. The number of carbonyl (C=O) groups is 2. The van der Waals surface area contributed by atoms with Crippen LogP contribution in [-0.4, -0.2) is 28.8 Å². The van der Waals surface area contributed by atoms with Gasteiger partial charge in [0.2, 0.25) is 5.78 Å². The monoisotopic (exact) mass is 513 g/mol. The van der Waals surface area contributed by atoms with Gasteiger partial charge in [-0.15, -0.1) is 11.3 Å². The van der Waals surface area contributed by atoms with Gasteiger partial charge in [-0.25, -0.2) is 0 Å². The minimum absolute atomic E-state index is 0.105. The zero-order chi connectivity index (χ0) is 25.6. The number of carbonyl (C=O) groups excluding carboxylic acids is 2. The van der Waals surface area contributed by atoms with Crippen molar-refractivity contribution in [2.45, 2.75) is 18.8 Å². The molecule has 0 spiro atoms. The fraction of sp³-hybridized carbons (Fsp3) is 0.154. The topological polar surface area (TPSA) is 80.0 Å². The van der Waals surface area contributed by atoms with E-state index in [0.717, 1.165) is 12.1 Å². The van der Waals surface area contributed by atoms with Gasteiger partial charge in [-0.3, -0.25) is 9.59 Å². The van der Waals surface area contributed by atoms with Gasteiger partial charge < -0.3 is 19.2 Å². The van der Waals surface area contributed by atoms with Crippen LogP contribution in [0.1, 0.15) is 32.6 Å². The molecule has 1 atom stereocenters. The normalized spacial score (nSPS) is 16.3. The van der Waals surface area contributed by atoms with Gasteiger partial charge in [-0.05, 0) is 41.3 Å². The van der Waals surface area contributed by atoms with Crippen molar-refractivity contribution in [2.75, 3.05) is 7.11 Å². The second-order valence-corrected chi connectivity index (χ2v) is 9.11. The number of ketones is 1. The van der Waals surface area contributed by atoms with Gasteiger partial charge in [0.25, 0.3) is 5.91 Å². The van der Waals surface area contributed by atoms with Crippen LogP contribution in [0.15, 0.2) is 81.8 Å². The maximum atomic E-state index is 13.6. The summed E-state index contributed by atoms with van der Waals surface area (Å²) in [5.41, 5.74) is -0.521. The van der Waals surface area contributed by atoms with Gasteiger partial charge in [-0.1, -0.05) is 30.3 Å². The molecule has 6 nitrogen and oxygen atoms in total. The standard InChI is InChI=1S/C26H18F3NO5S/c1-34-17-8-3-6-15-12-18(35-24(15)17)22(31)20-21(19-9-4-10-36-19)30(25(33)23(20)32)13-14-5-2-7-16(11-14)26(27,28)29/h2-12,21,32H,13H2,1H3. The van der Waals surface area contributed by atoms with Crippen molar-refractivity contribution in [2.24, 2.45) is 0 Å². The molecule has 1 aliphatic rings. The summed E-state index contributed by atoms with van der Waals surface area (Å²) in [4.78, 5) is 28.5. The Labute approximate surface area is 206 Å². The van der Waals surface area contributed by atoms with Crippen LogP contribution in [0.5, 0.6) is 5.75 Å². The van der Waals surface area contributed by atoms with Gasteiger partial charge in [0.05, 0.1) is 18.2 Å². The number of nitrogens with zero attached hydrogens (tertiary/aromatic N) is 1. The number of hydrogen-bond acceptors (Lipinski definition) is 6. The molecule has 4 aromatic rings. The number of aliphatic hydroxyl groups is 1. The molecule has 184 valence electrons. The summed E-state index contributed by atoms with van der Waals surface area (Å²) in [5.74, 6) is -2.02. The van der Waals surface area contributed by atoms with Crippen LogP contribution < -0.4 is 4.74 Å². The molecule has 0 bridgehead atoms. The smallest absolute Gasteiger partial charge is 0.416 e. The highest BCUT2D eigenvalue weighted by atomic mass is 32.1. The largest absolute Gasteiger partial charge is 0.503 e. The molecule has 0 saturated heterocycles. The number of Topliss-reactive ketones (excluding diaryl/α,β-unsaturated/α-hetero) is 1. The number of ether oxygens (including phenoxy) is 1. The van der Waals surface area contributed by atoms with Gasteiger partial charge in [-0.2, -0.15) is 13.2 Å². The highest BCUT2D eigenvalue weighted by Gasteiger charge is 2.45. The van der Waals surface area contributed by atoms with Crippen molar-refractivity contribution in [3.8, 4) is 5.75 Å². The number of aliphatic hydroxyl groups excluding tert-OH is 1. The molecule has 2 aromatic carbocycles. The van der Waals surface area contributed by atoms with E-state index in [0.29, 0.717) is 21.6 Å². The molecule has 1 aliphatic heterocycles. The molecule has 3 heterocycles. The van der Waals surface area contributed by atoms with Crippen molar-refractivity contribution in [1.82, 2.24) is 4.90 Å². The lowest BCUT2D eigenvalue weighted by atomic mass is 9.99. The zero-order valence-corrected chi connectivity index (χ0v) is 19.5. The average molecular weight is 513 g/mol. The fourth-order valence-electron chi connectivity index (χ4n) is 4.28. The number of thiophene rings is 1. The molecular weight excluding hydrogens is 495 g/mol. The molecule has 5 rings (SSSR count). The first kappa shape index (κ1) is 23.7. The van der Waals surface area contributed by atoms with E-state index in [1.165, 1.54) is 41.5 Å². The summed E-state index contributed by atoms with van der Waals surface area (Å²) < 4.78 is 50.7. The molecule has 0 fully saturated rings. The van der Waals surface area contributed by atoms with Crippen molar-refractivity contribution in [1.29, 1.82) is 0 Å². The number of methoxy groups -OCH3 is 1. The van der Waals surface area contributed by atoms with Crippen molar-refractivity contribution < 1.29 is 37.0 Å². The highest BCUT2D eigenvalue weighted by molar-refractivity contribution is 7.10. The van der Waals surface area contributed by atoms with E-state index in [4.69, 9.17) is 9.15 Å². The highest BCUT2D eigenvalue weighted by Crippen LogP contribution is 2.42. The third kappa shape index (κ3) is 4.03. The molecule has 1 unspecified atom stereocenters. The molecule has 0 radical (unpaired) electrons. The van der Waals surface area contributed by atoms with E-state index in [9.17, 15) is 27.9 Å². The van der Waals surface area contributed by atoms with Crippen LogP contribution >= 0.6 is 11.3 Å². The van der Waals surface area contributed by atoms with E-state index >= 15 is 0 Å². The predicted octanol–water partition coefficient (Wildman–Crippen LogP) is 6.30. The molecule has 0 aliphatic carbocycles. The maximum Gasteiger partial charge on any atom is 0.416 e. The molecule has 36 heavy (non-hydrogen) atoms. The SMILES string of the molecule is COc1cccc2cc(C(=O)C3=C(O)C(=O)N(Cc4cccc(C(F)(F)F)c4)C3c3cccs3)oc12. The Bertz CT molecular complexity index is 1500. The quantitative estimate of drug-likeness (QED) is 0.306. The summed E-state index contributed by atoms with van der Waals surface area (Å²) >= 11 is 1.25. The van der Waals surface area contributed by atoms with Gasteiger partial charge >= 0.3 is 6.18 Å². The number of rotatable bonds is 6. The van der Waals surface area contributed by atoms with Crippen molar-refractivity contribution in [3.63, 3.8) is 0 Å². The Morgan fingerprint density at radius 2 is 1.92 bits per heavy atom. The fourth-order valence-corrected chi connectivity index (χ4v) is 5.12. The minimum Gasteiger partial charge on any atom is -0.503 e. The van der Waals surface area contributed by atoms with E-state index in [1.807, 2.05) is 0 Å². The first-order chi connectivity index (χ1) is 17.2. The van der Waals surface area contributed by atoms with Gasteiger partial charge in [0.15, 0.2) is 22.9 Å². The van der Waals surface area contributed by atoms with E-state index in [-0.39, 0.29) is 23.4 Å². The number of para-hydroxylation sites is 1. The lowest BCUT2D eigenvalue weighted by Crippen LogP contribution is -2.30. The van der Waals surface area contributed by atoms with Crippen LogP contribution in [-0.2, 0) is 17.5 Å². The Morgan fingerprint density at radius 3 is 2.61 bits per heavy atom. The summed E-state index contributed by atoms with van der Waals surface area (Å²) in [6.45, 7) is -0.250. The van der Waals surface area contributed by atoms with Crippen molar-refractivity contribution in [3.05, 3.63) is 99.1 Å². The van der Waals surface area contributed by atoms with Crippen LogP contribution in [0, 0.1) is 0 Å². The number of alkyl halides is 3. The van der Waals surface area contributed by atoms with Crippen LogP contribution in [0.3, 0.4) is 0 Å². The molecule has 2 aromatic heterocycles. The second-order valence-electron chi connectivity index (χ2n) is 8.13. The van der Waals surface area contributed by atoms with Gasteiger partial charge in [0.1, 0.15) is 6.04 Å². The molecular formula is C26H18F3NO5S. The first-order valence-corrected chi connectivity index (χ1v) is 11.6. The Kier molecular flexibility index (Phi) is 5.83. The van der Waals surface area contributed by atoms with E-state index < -0.39 is 35.2 Å². The van der Waals surface area contributed by atoms with Crippen molar-refractivity contribution >= 4 is 34.0 Å². The van der Waals surface area contributed by atoms with Crippen LogP contribution in [0.2, 0.25) is 0 Å². The summed E-state index contributed by atoms with van der Waals surface area (Å²) in [6, 6.07) is 13.6. The van der Waals surface area contributed by atoms with E-state index in [2.05, 4.69) is 0 Å². The van der Waals surface area contributed by atoms with Crippen LogP contribution in [0.25, 0.3) is 11.0 Å². The number of benzene rings is 2. The number of halogens is 3. The lowest BCUT2D eigenvalue weighted by Gasteiger charge is -2.26. The second kappa shape index (κ2) is 8.87. The predicted molar refractivity (Wildman–Crippen MR) is 126 cm³/mol. The van der Waals surface area contributed by atoms with Gasteiger partial charge in [0, 0.05) is 16.8 Å². The molecule has 10 heteroatoms. The zero-order valence-electron chi connectivity index (χ0n) is 18.7. The first-order valence-electron chi connectivity index (χ1n) is 10.7. The molecule has 1 N–H and O–H groups in total. The average Bonchev–Trinajstić information content (AvgIpc) is 3.58. The third-order valence-corrected chi connectivity index (χ3v) is 6.84. The number of hydrogen-bond donors (Lipinski definition) is 1. The third-order valence-electron chi connectivity index (χ3n) is 5.92. The Hall–Kier alpha value is -4.05. The van der Waals surface area contributed by atoms with Crippen LogP contribution in [0.4, 0.5) is 13.2 Å². The Morgan fingerprint density at radius 1 is 1.14 bits per heavy atom. The minimum atomic E-state index is -4.55. The number of amides is 1. The molecule has 1 amide bonds. The summed E-state index contributed by atoms with van der Waals surface area (Å²) in [6.07, 6.45) is -4.55. The van der Waals surface area contributed by atoms with E-state index in [1.54, 1.807) is 35.7 Å².